The van der Waals surface area contributed by atoms with Crippen molar-refractivity contribution in [2.75, 3.05) is 11.9 Å². The summed E-state index contributed by atoms with van der Waals surface area (Å²) in [5.41, 5.74) is 2.15. The molecule has 2 N–H and O–H groups in total. The summed E-state index contributed by atoms with van der Waals surface area (Å²) in [7, 11) is 0. The summed E-state index contributed by atoms with van der Waals surface area (Å²) in [6.45, 7) is 2.33. The molecule has 2 heterocycles. The topological polar surface area (TPSA) is 106 Å². The van der Waals surface area contributed by atoms with Gasteiger partial charge < -0.3 is 15.1 Å². The fraction of sp³-hybridized carbons (Fsp3) is 0.263. The van der Waals surface area contributed by atoms with Gasteiger partial charge in [-0.1, -0.05) is 18.2 Å². The van der Waals surface area contributed by atoms with E-state index in [9.17, 15) is 14.4 Å². The standard InChI is InChI=1S/C19H20N4O4/c1-13-6-7-16(21-12-13)22-18(25)8-10-20-17(24)9-11-23-14-4-2-3-5-15(14)27-19(23)26/h2-7,12H,8-11H2,1H3,(H,20,24)(H,21,22,25). The lowest BCUT2D eigenvalue weighted by molar-refractivity contribution is -0.121. The molecule has 0 aliphatic carbocycles. The average molecular weight is 368 g/mol. The molecule has 0 radical (unpaired) electrons. The number of rotatable bonds is 7. The van der Waals surface area contributed by atoms with E-state index in [0.717, 1.165) is 5.56 Å². The number of carbonyl (C=O) groups is 2. The number of nitrogens with one attached hydrogen (secondary N) is 2. The van der Waals surface area contributed by atoms with Crippen LogP contribution in [0.3, 0.4) is 0 Å². The van der Waals surface area contributed by atoms with E-state index in [4.69, 9.17) is 4.42 Å². The average Bonchev–Trinajstić information content (AvgIpc) is 2.97. The van der Waals surface area contributed by atoms with E-state index < -0.39 is 5.76 Å². The number of pyridine rings is 1. The first kappa shape index (κ1) is 18.4. The first-order valence-electron chi connectivity index (χ1n) is 8.60. The van der Waals surface area contributed by atoms with Gasteiger partial charge >= 0.3 is 5.76 Å². The van der Waals surface area contributed by atoms with Crippen LogP contribution in [0, 0.1) is 6.92 Å². The number of aromatic nitrogens is 2. The molecule has 2 aromatic heterocycles. The molecule has 0 aliphatic rings. The molecule has 0 saturated heterocycles. The number of aryl methyl sites for hydroxylation is 2. The van der Waals surface area contributed by atoms with Crippen molar-refractivity contribution in [3.8, 4) is 0 Å². The largest absolute Gasteiger partial charge is 0.419 e. The molecule has 2 amide bonds. The number of para-hydroxylation sites is 2. The lowest BCUT2D eigenvalue weighted by Crippen LogP contribution is -2.29. The quantitative estimate of drug-likeness (QED) is 0.662. The van der Waals surface area contributed by atoms with Gasteiger partial charge in [-0.15, -0.1) is 0 Å². The SMILES string of the molecule is Cc1ccc(NC(=O)CCNC(=O)CCn2c(=O)oc3ccccc32)nc1. The summed E-state index contributed by atoms with van der Waals surface area (Å²) in [5, 5.41) is 5.34. The molecule has 0 aliphatic heterocycles. The highest BCUT2D eigenvalue weighted by Gasteiger charge is 2.10. The summed E-state index contributed by atoms with van der Waals surface area (Å²) < 4.78 is 6.55. The molecule has 8 nitrogen and oxygen atoms in total. The number of hydrogen-bond acceptors (Lipinski definition) is 5. The molecule has 3 aromatic rings. The molecule has 0 saturated carbocycles. The highest BCUT2D eigenvalue weighted by Crippen LogP contribution is 2.11. The summed E-state index contributed by atoms with van der Waals surface area (Å²) in [4.78, 5) is 39.8. The van der Waals surface area contributed by atoms with E-state index >= 15 is 0 Å². The minimum atomic E-state index is -0.492. The second-order valence-electron chi connectivity index (χ2n) is 6.11. The Morgan fingerprint density at radius 3 is 2.70 bits per heavy atom. The van der Waals surface area contributed by atoms with Gasteiger partial charge in [-0.3, -0.25) is 14.2 Å². The highest BCUT2D eigenvalue weighted by atomic mass is 16.4. The van der Waals surface area contributed by atoms with Gasteiger partial charge in [0.05, 0.1) is 5.52 Å². The molecule has 0 bridgehead atoms. The first-order chi connectivity index (χ1) is 13.0. The number of carbonyl (C=O) groups excluding carboxylic acids is 2. The smallest absolute Gasteiger partial charge is 0.408 e. The fourth-order valence-electron chi connectivity index (χ4n) is 2.59. The van der Waals surface area contributed by atoms with Crippen molar-refractivity contribution < 1.29 is 14.0 Å². The van der Waals surface area contributed by atoms with Gasteiger partial charge in [-0.25, -0.2) is 9.78 Å². The third kappa shape index (κ3) is 4.81. The summed E-state index contributed by atoms with van der Waals surface area (Å²) >= 11 is 0. The summed E-state index contributed by atoms with van der Waals surface area (Å²) in [6.07, 6.45) is 1.92. The Bertz CT molecular complexity index is 1000. The second kappa shape index (κ2) is 8.31. The zero-order valence-corrected chi connectivity index (χ0v) is 14.9. The van der Waals surface area contributed by atoms with Crippen LogP contribution in [0.25, 0.3) is 11.1 Å². The summed E-state index contributed by atoms with van der Waals surface area (Å²) in [5.74, 6) is -0.491. The van der Waals surface area contributed by atoms with Crippen LogP contribution in [0.2, 0.25) is 0 Å². The van der Waals surface area contributed by atoms with Crippen LogP contribution >= 0.6 is 0 Å². The predicted octanol–water partition coefficient (Wildman–Crippen LogP) is 1.83. The van der Waals surface area contributed by atoms with Gasteiger partial charge in [0.1, 0.15) is 5.82 Å². The van der Waals surface area contributed by atoms with Crippen molar-refractivity contribution in [2.24, 2.45) is 0 Å². The molecule has 1 aromatic carbocycles. The molecule has 0 spiro atoms. The normalized spacial score (nSPS) is 10.7. The van der Waals surface area contributed by atoms with Crippen LogP contribution in [0.15, 0.2) is 51.8 Å². The molecular weight excluding hydrogens is 348 g/mol. The molecule has 0 unspecified atom stereocenters. The Morgan fingerprint density at radius 1 is 1.11 bits per heavy atom. The Hall–Kier alpha value is -3.42. The maximum atomic E-state index is 12.0. The number of amides is 2. The Balaban J connectivity index is 1.43. The van der Waals surface area contributed by atoms with Crippen LogP contribution in [0.4, 0.5) is 5.82 Å². The number of oxazole rings is 1. The Kier molecular flexibility index (Phi) is 5.65. The lowest BCUT2D eigenvalue weighted by Gasteiger charge is -2.07. The maximum absolute atomic E-state index is 12.0. The van der Waals surface area contributed by atoms with Crippen molar-refractivity contribution >= 4 is 28.7 Å². The van der Waals surface area contributed by atoms with Crippen LogP contribution in [-0.4, -0.2) is 27.9 Å². The van der Waals surface area contributed by atoms with Crippen LogP contribution in [0.5, 0.6) is 0 Å². The minimum Gasteiger partial charge on any atom is -0.408 e. The lowest BCUT2D eigenvalue weighted by atomic mass is 10.3. The number of benzene rings is 1. The van der Waals surface area contributed by atoms with Crippen LogP contribution < -0.4 is 16.4 Å². The van der Waals surface area contributed by atoms with E-state index in [-0.39, 0.29) is 37.7 Å². The van der Waals surface area contributed by atoms with Gasteiger partial charge in [0.2, 0.25) is 11.8 Å². The third-order valence-electron chi connectivity index (χ3n) is 3.99. The number of fused-ring (bicyclic) bond motifs is 1. The van der Waals surface area contributed by atoms with Gasteiger partial charge in [-0.2, -0.15) is 0 Å². The van der Waals surface area contributed by atoms with Crippen molar-refractivity contribution in [1.29, 1.82) is 0 Å². The van der Waals surface area contributed by atoms with Gasteiger partial charge in [-0.05, 0) is 30.7 Å². The fourth-order valence-corrected chi connectivity index (χ4v) is 2.59. The van der Waals surface area contributed by atoms with Crippen molar-refractivity contribution in [2.45, 2.75) is 26.3 Å². The van der Waals surface area contributed by atoms with E-state index in [0.29, 0.717) is 16.9 Å². The number of anilines is 1. The van der Waals surface area contributed by atoms with Crippen molar-refractivity contribution in [3.05, 3.63) is 58.7 Å². The van der Waals surface area contributed by atoms with Crippen LogP contribution in [-0.2, 0) is 16.1 Å². The second-order valence-corrected chi connectivity index (χ2v) is 6.11. The number of hydrogen-bond donors (Lipinski definition) is 2. The zero-order valence-electron chi connectivity index (χ0n) is 14.9. The van der Waals surface area contributed by atoms with E-state index in [2.05, 4.69) is 15.6 Å². The Labute approximate surface area is 155 Å². The molecule has 27 heavy (non-hydrogen) atoms. The predicted molar refractivity (Wildman–Crippen MR) is 100 cm³/mol. The maximum Gasteiger partial charge on any atom is 0.419 e. The first-order valence-corrected chi connectivity index (χ1v) is 8.60. The van der Waals surface area contributed by atoms with Gasteiger partial charge in [0.15, 0.2) is 5.58 Å². The van der Waals surface area contributed by atoms with E-state index in [1.165, 1.54) is 4.57 Å². The van der Waals surface area contributed by atoms with Crippen LogP contribution in [0.1, 0.15) is 18.4 Å². The molecule has 3 rings (SSSR count). The molecule has 0 fully saturated rings. The van der Waals surface area contributed by atoms with Crippen molar-refractivity contribution in [1.82, 2.24) is 14.9 Å². The Morgan fingerprint density at radius 2 is 1.93 bits per heavy atom. The van der Waals surface area contributed by atoms with Gasteiger partial charge in [0.25, 0.3) is 0 Å². The summed E-state index contributed by atoms with van der Waals surface area (Å²) in [6, 6.07) is 10.6. The van der Waals surface area contributed by atoms with E-state index in [1.54, 1.807) is 36.5 Å². The molecule has 8 heteroatoms. The van der Waals surface area contributed by atoms with Crippen molar-refractivity contribution in [3.63, 3.8) is 0 Å². The monoisotopic (exact) mass is 368 g/mol. The molecular formula is C19H20N4O4. The highest BCUT2D eigenvalue weighted by molar-refractivity contribution is 5.90. The number of nitrogens with zero attached hydrogens (tertiary/aromatic N) is 2. The molecule has 0 atom stereocenters. The minimum absolute atomic E-state index is 0.116. The third-order valence-corrected chi connectivity index (χ3v) is 3.99. The zero-order chi connectivity index (χ0) is 19.2. The molecule has 140 valence electrons. The van der Waals surface area contributed by atoms with E-state index in [1.807, 2.05) is 13.0 Å². The van der Waals surface area contributed by atoms with Gasteiger partial charge in [0, 0.05) is 32.1 Å².